The van der Waals surface area contributed by atoms with Gasteiger partial charge in [0.05, 0.1) is 13.2 Å². The monoisotopic (exact) mass is 371 g/mol. The van der Waals surface area contributed by atoms with E-state index in [1.54, 1.807) is 19.2 Å². The van der Waals surface area contributed by atoms with Crippen LogP contribution in [0.5, 0.6) is 0 Å². The number of rotatable bonds is 7. The Balaban J connectivity index is 1.60. The second-order valence-corrected chi connectivity index (χ2v) is 6.72. The number of halogens is 1. The Hall–Kier alpha value is -2.28. The molecule has 3 rings (SSSR count). The Labute approximate surface area is 159 Å². The fourth-order valence-corrected chi connectivity index (χ4v) is 3.44. The highest BCUT2D eigenvalue weighted by molar-refractivity contribution is 5.78. The molecule has 1 heterocycles. The second kappa shape index (κ2) is 9.60. The van der Waals surface area contributed by atoms with Gasteiger partial charge in [-0.05, 0) is 28.8 Å². The first kappa shape index (κ1) is 19.5. The number of methoxy groups -OCH3 is 1. The zero-order chi connectivity index (χ0) is 19.1. The van der Waals surface area contributed by atoms with Crippen LogP contribution in [0, 0.1) is 5.82 Å². The number of nitrogens with one attached hydrogen (secondary N) is 2. The molecule has 2 N–H and O–H groups in total. The lowest BCUT2D eigenvalue weighted by Gasteiger charge is -2.36. The van der Waals surface area contributed by atoms with Gasteiger partial charge in [0, 0.05) is 39.3 Å². The third kappa shape index (κ3) is 5.35. The predicted molar refractivity (Wildman–Crippen MR) is 103 cm³/mol. The van der Waals surface area contributed by atoms with Crippen LogP contribution >= 0.6 is 0 Å². The summed E-state index contributed by atoms with van der Waals surface area (Å²) < 4.78 is 18.8. The normalized spacial score (nSPS) is 17.6. The molecule has 144 valence electrons. The van der Waals surface area contributed by atoms with Crippen molar-refractivity contribution in [1.29, 1.82) is 0 Å². The molecule has 1 aliphatic rings. The lowest BCUT2D eigenvalue weighted by molar-refractivity contribution is -0.123. The Bertz CT molecular complexity index is 769. The standard InChI is InChI=1S/C21H26FN3O2/c1-27-15-18-6-3-2-5-17(18)12-24-21(26)14-25-10-9-23-13-20(25)16-7-4-8-19(22)11-16/h2-8,11,20,23H,9-10,12-15H2,1H3,(H,24,26). The van der Waals surface area contributed by atoms with Crippen LogP contribution in [0.2, 0.25) is 0 Å². The highest BCUT2D eigenvalue weighted by Crippen LogP contribution is 2.22. The number of ether oxygens (including phenoxy) is 1. The third-order valence-corrected chi connectivity index (χ3v) is 4.83. The van der Waals surface area contributed by atoms with E-state index in [0.717, 1.165) is 29.8 Å². The van der Waals surface area contributed by atoms with Crippen molar-refractivity contribution in [2.45, 2.75) is 19.2 Å². The Morgan fingerprint density at radius 2 is 2.07 bits per heavy atom. The van der Waals surface area contributed by atoms with Gasteiger partial charge in [0.2, 0.25) is 5.91 Å². The molecule has 0 aromatic heterocycles. The summed E-state index contributed by atoms with van der Waals surface area (Å²) in [6, 6.07) is 14.5. The molecule has 1 fully saturated rings. The minimum absolute atomic E-state index is 0.0130. The SMILES string of the molecule is COCc1ccccc1CNC(=O)CN1CCNCC1c1cccc(F)c1. The molecule has 27 heavy (non-hydrogen) atoms. The first-order valence-electron chi connectivity index (χ1n) is 9.20. The Morgan fingerprint density at radius 3 is 2.85 bits per heavy atom. The summed E-state index contributed by atoms with van der Waals surface area (Å²) in [5.41, 5.74) is 3.01. The molecule has 2 aromatic carbocycles. The number of amides is 1. The van der Waals surface area contributed by atoms with Crippen molar-refractivity contribution in [1.82, 2.24) is 15.5 Å². The van der Waals surface area contributed by atoms with E-state index >= 15 is 0 Å². The molecule has 0 saturated carbocycles. The van der Waals surface area contributed by atoms with Crippen molar-refractivity contribution in [3.05, 3.63) is 71.0 Å². The Morgan fingerprint density at radius 1 is 1.26 bits per heavy atom. The first-order valence-corrected chi connectivity index (χ1v) is 9.20. The van der Waals surface area contributed by atoms with Crippen molar-refractivity contribution >= 4 is 5.91 Å². The molecular formula is C21H26FN3O2. The minimum atomic E-state index is -0.253. The predicted octanol–water partition coefficient (Wildman–Crippen LogP) is 2.23. The second-order valence-electron chi connectivity index (χ2n) is 6.72. The molecule has 5 nitrogen and oxygen atoms in total. The minimum Gasteiger partial charge on any atom is -0.380 e. The van der Waals surface area contributed by atoms with Crippen molar-refractivity contribution in [2.75, 3.05) is 33.3 Å². The molecule has 2 aromatic rings. The van der Waals surface area contributed by atoms with Crippen LogP contribution in [0.3, 0.4) is 0 Å². The van der Waals surface area contributed by atoms with Crippen LogP contribution in [0.25, 0.3) is 0 Å². The van der Waals surface area contributed by atoms with Crippen molar-refractivity contribution in [3.63, 3.8) is 0 Å². The number of nitrogens with zero attached hydrogens (tertiary/aromatic N) is 1. The zero-order valence-electron chi connectivity index (χ0n) is 15.6. The number of hydrogen-bond acceptors (Lipinski definition) is 4. The van der Waals surface area contributed by atoms with E-state index in [1.165, 1.54) is 6.07 Å². The van der Waals surface area contributed by atoms with Crippen LogP contribution in [0.1, 0.15) is 22.7 Å². The summed E-state index contributed by atoms with van der Waals surface area (Å²) in [4.78, 5) is 14.6. The van der Waals surface area contributed by atoms with Gasteiger partial charge in [-0.15, -0.1) is 0 Å². The van der Waals surface area contributed by atoms with E-state index in [0.29, 0.717) is 19.7 Å². The maximum absolute atomic E-state index is 13.6. The highest BCUT2D eigenvalue weighted by Gasteiger charge is 2.25. The molecule has 6 heteroatoms. The van der Waals surface area contributed by atoms with Crippen LogP contribution in [-0.4, -0.2) is 44.1 Å². The molecule has 0 bridgehead atoms. The molecule has 1 saturated heterocycles. The summed E-state index contributed by atoms with van der Waals surface area (Å²) in [5.74, 6) is -0.289. The highest BCUT2D eigenvalue weighted by atomic mass is 19.1. The van der Waals surface area contributed by atoms with E-state index in [4.69, 9.17) is 4.74 Å². The average Bonchev–Trinajstić information content (AvgIpc) is 2.68. The molecule has 0 spiro atoms. The summed E-state index contributed by atoms with van der Waals surface area (Å²) in [6.45, 7) is 3.54. The number of carbonyl (C=O) groups excluding carboxylic acids is 1. The van der Waals surface area contributed by atoms with Gasteiger partial charge in [0.25, 0.3) is 0 Å². The third-order valence-electron chi connectivity index (χ3n) is 4.83. The molecular weight excluding hydrogens is 345 g/mol. The van der Waals surface area contributed by atoms with Crippen molar-refractivity contribution < 1.29 is 13.9 Å². The van der Waals surface area contributed by atoms with Crippen LogP contribution in [0.15, 0.2) is 48.5 Å². The number of carbonyl (C=O) groups is 1. The maximum atomic E-state index is 13.6. The summed E-state index contributed by atoms with van der Waals surface area (Å²) in [6.07, 6.45) is 0. The molecule has 0 radical (unpaired) electrons. The smallest absolute Gasteiger partial charge is 0.234 e. The fraction of sp³-hybridized carbons (Fsp3) is 0.381. The summed E-state index contributed by atoms with van der Waals surface area (Å²) in [7, 11) is 1.66. The van der Waals surface area contributed by atoms with Gasteiger partial charge in [0.1, 0.15) is 5.82 Å². The van der Waals surface area contributed by atoms with Crippen LogP contribution in [0.4, 0.5) is 4.39 Å². The van der Waals surface area contributed by atoms with E-state index in [-0.39, 0.29) is 24.3 Å². The van der Waals surface area contributed by atoms with Gasteiger partial charge in [-0.1, -0.05) is 36.4 Å². The quantitative estimate of drug-likeness (QED) is 0.784. The van der Waals surface area contributed by atoms with Crippen LogP contribution in [-0.2, 0) is 22.7 Å². The topological polar surface area (TPSA) is 53.6 Å². The summed E-state index contributed by atoms with van der Waals surface area (Å²) >= 11 is 0. The van der Waals surface area contributed by atoms with Gasteiger partial charge >= 0.3 is 0 Å². The van der Waals surface area contributed by atoms with Crippen LogP contribution < -0.4 is 10.6 Å². The summed E-state index contributed by atoms with van der Waals surface area (Å²) in [5, 5.41) is 6.32. The van der Waals surface area contributed by atoms with Gasteiger partial charge in [-0.3, -0.25) is 9.69 Å². The molecule has 1 aliphatic heterocycles. The lowest BCUT2D eigenvalue weighted by atomic mass is 10.0. The molecule has 0 aliphatic carbocycles. The largest absolute Gasteiger partial charge is 0.380 e. The first-order chi connectivity index (χ1) is 13.2. The number of piperazine rings is 1. The molecule has 1 amide bonds. The van der Waals surface area contributed by atoms with Gasteiger partial charge < -0.3 is 15.4 Å². The van der Waals surface area contributed by atoms with Crippen molar-refractivity contribution in [3.8, 4) is 0 Å². The van der Waals surface area contributed by atoms with E-state index in [9.17, 15) is 9.18 Å². The van der Waals surface area contributed by atoms with Gasteiger partial charge in [0.15, 0.2) is 0 Å². The molecule has 1 unspecified atom stereocenters. The average molecular weight is 371 g/mol. The van der Waals surface area contributed by atoms with Gasteiger partial charge in [-0.25, -0.2) is 4.39 Å². The number of benzene rings is 2. The number of hydrogen-bond donors (Lipinski definition) is 2. The van der Waals surface area contributed by atoms with E-state index in [1.807, 2.05) is 30.3 Å². The Kier molecular flexibility index (Phi) is 6.92. The fourth-order valence-electron chi connectivity index (χ4n) is 3.44. The molecule has 1 atom stereocenters. The van der Waals surface area contributed by atoms with E-state index in [2.05, 4.69) is 15.5 Å². The lowest BCUT2D eigenvalue weighted by Crippen LogP contribution is -2.49. The van der Waals surface area contributed by atoms with E-state index < -0.39 is 0 Å². The zero-order valence-corrected chi connectivity index (χ0v) is 15.6. The maximum Gasteiger partial charge on any atom is 0.234 e. The van der Waals surface area contributed by atoms with Crippen molar-refractivity contribution in [2.24, 2.45) is 0 Å². The van der Waals surface area contributed by atoms with Gasteiger partial charge in [-0.2, -0.15) is 0 Å².